The van der Waals surface area contributed by atoms with Gasteiger partial charge in [0.05, 0.1) is 0 Å². The molecule has 1 rings (SSSR count). The predicted octanol–water partition coefficient (Wildman–Crippen LogP) is 1.44. The summed E-state index contributed by atoms with van der Waals surface area (Å²) >= 11 is 5.07. The second-order valence-corrected chi connectivity index (χ2v) is 5.05. The molecule has 1 heterocycles. The Bertz CT molecular complexity index is 175. The van der Waals surface area contributed by atoms with E-state index < -0.39 is 6.70 Å². The first kappa shape index (κ1) is 6.08. The van der Waals surface area contributed by atoms with Gasteiger partial charge in [-0.2, -0.15) is 0 Å². The Morgan fingerprint density at radius 3 is 2.88 bits per heavy atom. The lowest BCUT2D eigenvalue weighted by Crippen LogP contribution is -1.87. The van der Waals surface area contributed by atoms with Crippen LogP contribution in [0.2, 0.25) is 0 Å². The molecule has 0 saturated carbocycles. The Hall–Kier alpha value is -0.0500. The number of terminal acetylenes is 1. The minimum Gasteiger partial charge on any atom is -0.119 e. The molecule has 0 amide bonds. The molecule has 0 saturated heterocycles. The van der Waals surface area contributed by atoms with Crippen molar-refractivity contribution in [3.8, 4) is 12.3 Å². The van der Waals surface area contributed by atoms with Gasteiger partial charge in [-0.1, -0.05) is 29.6 Å². The standard InChI is InChI=1S/C6H7PS/c1-2-6-3-4-7(8)5-6/h1,3-4,6-7H,5H2. The van der Waals surface area contributed by atoms with E-state index in [4.69, 9.17) is 18.2 Å². The van der Waals surface area contributed by atoms with E-state index in [9.17, 15) is 0 Å². The third kappa shape index (κ3) is 1.22. The predicted molar refractivity (Wildman–Crippen MR) is 42.0 cm³/mol. The largest absolute Gasteiger partial charge is 0.119 e. The van der Waals surface area contributed by atoms with Crippen LogP contribution >= 0.6 is 6.70 Å². The highest BCUT2D eigenvalue weighted by atomic mass is 32.4. The molecule has 0 aliphatic carbocycles. The quantitative estimate of drug-likeness (QED) is 0.364. The van der Waals surface area contributed by atoms with E-state index >= 15 is 0 Å². The van der Waals surface area contributed by atoms with Crippen molar-refractivity contribution in [2.45, 2.75) is 0 Å². The highest BCUT2D eigenvalue weighted by Crippen LogP contribution is 2.33. The Labute approximate surface area is 55.4 Å². The third-order valence-corrected chi connectivity index (χ3v) is 3.46. The molecule has 0 radical (unpaired) electrons. The summed E-state index contributed by atoms with van der Waals surface area (Å²) in [5.41, 5.74) is 0. The average molecular weight is 142 g/mol. The van der Waals surface area contributed by atoms with Gasteiger partial charge in [0.25, 0.3) is 0 Å². The van der Waals surface area contributed by atoms with Crippen molar-refractivity contribution in [2.75, 3.05) is 6.16 Å². The van der Waals surface area contributed by atoms with Crippen molar-refractivity contribution in [2.24, 2.45) is 5.92 Å². The molecular formula is C6H7PS. The summed E-state index contributed by atoms with van der Waals surface area (Å²) in [6.45, 7) is -0.557. The van der Waals surface area contributed by atoms with Gasteiger partial charge in [-0.05, 0) is 12.9 Å². The van der Waals surface area contributed by atoms with Crippen LogP contribution in [0.4, 0.5) is 0 Å². The van der Waals surface area contributed by atoms with Crippen molar-refractivity contribution in [3.05, 3.63) is 11.9 Å². The molecule has 0 spiro atoms. The molecule has 2 heteroatoms. The number of hydrogen-bond donors (Lipinski definition) is 0. The molecule has 2 atom stereocenters. The molecule has 0 N–H and O–H groups in total. The molecule has 0 nitrogen and oxygen atoms in total. The summed E-state index contributed by atoms with van der Waals surface area (Å²) in [5.74, 6) is 5.13. The highest BCUT2D eigenvalue weighted by molar-refractivity contribution is 8.06. The highest BCUT2D eigenvalue weighted by Gasteiger charge is 2.07. The second kappa shape index (κ2) is 2.49. The van der Waals surface area contributed by atoms with E-state index in [0.717, 1.165) is 6.16 Å². The zero-order chi connectivity index (χ0) is 5.98. The van der Waals surface area contributed by atoms with E-state index in [-0.39, 0.29) is 0 Å². The first-order valence-corrected chi connectivity index (χ1v) is 5.42. The molecule has 0 aromatic carbocycles. The SMILES string of the molecule is C#CC1C=C[PH](=S)C1. The smallest absolute Gasteiger partial charge is 0.0430 e. The van der Waals surface area contributed by atoms with Crippen LogP contribution in [0, 0.1) is 18.3 Å². The Balaban J connectivity index is 2.62. The van der Waals surface area contributed by atoms with Gasteiger partial charge in [-0.15, -0.1) is 6.42 Å². The minimum atomic E-state index is -0.557. The van der Waals surface area contributed by atoms with Gasteiger partial charge in [0.1, 0.15) is 0 Å². The van der Waals surface area contributed by atoms with Gasteiger partial charge in [-0.3, -0.25) is 0 Å². The fourth-order valence-electron chi connectivity index (χ4n) is 0.691. The average Bonchev–Trinajstić information content (AvgIpc) is 2.14. The van der Waals surface area contributed by atoms with Crippen molar-refractivity contribution in [1.82, 2.24) is 0 Å². The second-order valence-electron chi connectivity index (χ2n) is 1.80. The number of hydrogen-bond acceptors (Lipinski definition) is 1. The summed E-state index contributed by atoms with van der Waals surface area (Å²) in [5, 5.41) is 0. The maximum atomic E-state index is 5.16. The fourth-order valence-corrected chi connectivity index (χ4v) is 2.74. The normalized spacial score (nSPS) is 34.9. The topological polar surface area (TPSA) is 0 Å². The van der Waals surface area contributed by atoms with Gasteiger partial charge in [0, 0.05) is 5.92 Å². The van der Waals surface area contributed by atoms with Crippen LogP contribution in [0.25, 0.3) is 0 Å². The molecule has 8 heavy (non-hydrogen) atoms. The zero-order valence-electron chi connectivity index (χ0n) is 4.42. The molecule has 1 aliphatic rings. The number of allylic oxidation sites excluding steroid dienone is 1. The summed E-state index contributed by atoms with van der Waals surface area (Å²) in [7, 11) is 0. The first-order chi connectivity index (χ1) is 3.83. The summed E-state index contributed by atoms with van der Waals surface area (Å²) in [4.78, 5) is 0. The van der Waals surface area contributed by atoms with Gasteiger partial charge in [0.2, 0.25) is 0 Å². The molecule has 42 valence electrons. The molecule has 0 fully saturated rings. The summed E-state index contributed by atoms with van der Waals surface area (Å²) in [6, 6.07) is 0. The van der Waals surface area contributed by atoms with Crippen molar-refractivity contribution < 1.29 is 0 Å². The maximum Gasteiger partial charge on any atom is 0.0430 e. The molecule has 1 aliphatic heterocycles. The Morgan fingerprint density at radius 2 is 2.62 bits per heavy atom. The summed E-state index contributed by atoms with van der Waals surface area (Å²) < 4.78 is 0. The monoisotopic (exact) mass is 142 g/mol. The first-order valence-electron chi connectivity index (χ1n) is 2.50. The van der Waals surface area contributed by atoms with Crippen LogP contribution < -0.4 is 0 Å². The lowest BCUT2D eigenvalue weighted by molar-refractivity contribution is 1.02. The molecule has 2 unspecified atom stereocenters. The number of rotatable bonds is 0. The van der Waals surface area contributed by atoms with Crippen LogP contribution in [0.5, 0.6) is 0 Å². The van der Waals surface area contributed by atoms with Crippen LogP contribution in [-0.2, 0) is 11.8 Å². The fraction of sp³-hybridized carbons (Fsp3) is 0.333. The summed E-state index contributed by atoms with van der Waals surface area (Å²) in [6.07, 6.45) is 8.29. The van der Waals surface area contributed by atoms with Gasteiger partial charge < -0.3 is 0 Å². The van der Waals surface area contributed by atoms with Crippen molar-refractivity contribution in [1.29, 1.82) is 0 Å². The molecular weight excluding hydrogens is 135 g/mol. The molecule has 0 aromatic heterocycles. The third-order valence-electron chi connectivity index (χ3n) is 1.15. The maximum absolute atomic E-state index is 5.16. The lowest BCUT2D eigenvalue weighted by Gasteiger charge is -1.91. The van der Waals surface area contributed by atoms with Gasteiger partial charge >= 0.3 is 0 Å². The zero-order valence-corrected chi connectivity index (χ0v) is 6.24. The van der Waals surface area contributed by atoms with Crippen molar-refractivity contribution >= 4 is 18.5 Å². The van der Waals surface area contributed by atoms with Crippen LogP contribution in [-0.4, -0.2) is 6.16 Å². The van der Waals surface area contributed by atoms with Crippen molar-refractivity contribution in [3.63, 3.8) is 0 Å². The van der Waals surface area contributed by atoms with E-state index in [2.05, 4.69) is 17.8 Å². The lowest BCUT2D eigenvalue weighted by atomic mass is 10.2. The minimum absolute atomic E-state index is 0.362. The molecule has 0 bridgehead atoms. The van der Waals surface area contributed by atoms with Crippen LogP contribution in [0.1, 0.15) is 0 Å². The van der Waals surface area contributed by atoms with E-state index in [1.54, 1.807) is 0 Å². The van der Waals surface area contributed by atoms with Gasteiger partial charge in [-0.25, -0.2) is 0 Å². The molecule has 0 aromatic rings. The van der Waals surface area contributed by atoms with E-state index in [1.165, 1.54) is 0 Å². The van der Waals surface area contributed by atoms with Crippen LogP contribution in [0.3, 0.4) is 0 Å². The van der Waals surface area contributed by atoms with E-state index in [0.29, 0.717) is 5.92 Å². The Kier molecular flexibility index (Phi) is 1.89. The van der Waals surface area contributed by atoms with Crippen LogP contribution in [0.15, 0.2) is 11.9 Å². The van der Waals surface area contributed by atoms with E-state index in [1.807, 2.05) is 0 Å². The van der Waals surface area contributed by atoms with Gasteiger partial charge in [0.15, 0.2) is 0 Å². The Morgan fingerprint density at radius 1 is 1.88 bits per heavy atom.